The first kappa shape index (κ1) is 16.2. The van der Waals surface area contributed by atoms with E-state index in [0.29, 0.717) is 6.54 Å². The standard InChI is InChI=1S/C13H22N4O3S/c1-16-7-9-17(10-8-16)6-2-4-15-21(19,20)13-11-14-5-3-12(13)18/h3,5,11,15H,2,4,6-10H2,1H3,(H,14,18). The number of nitrogens with zero attached hydrogens (tertiary/aromatic N) is 2. The van der Waals surface area contributed by atoms with Gasteiger partial charge in [-0.25, -0.2) is 13.1 Å². The molecule has 0 atom stereocenters. The quantitative estimate of drug-likeness (QED) is 0.678. The summed E-state index contributed by atoms with van der Waals surface area (Å²) in [7, 11) is -1.62. The Morgan fingerprint density at radius 2 is 2.00 bits per heavy atom. The number of rotatable bonds is 6. The molecule has 21 heavy (non-hydrogen) atoms. The number of sulfonamides is 1. The zero-order chi connectivity index (χ0) is 15.3. The minimum atomic E-state index is -3.72. The third-order valence-electron chi connectivity index (χ3n) is 3.62. The van der Waals surface area contributed by atoms with E-state index >= 15 is 0 Å². The Morgan fingerprint density at radius 1 is 1.29 bits per heavy atom. The van der Waals surface area contributed by atoms with Crippen LogP contribution in [0, 0.1) is 0 Å². The molecule has 0 aliphatic carbocycles. The second-order valence-electron chi connectivity index (χ2n) is 5.27. The third kappa shape index (κ3) is 4.63. The highest BCUT2D eigenvalue weighted by atomic mass is 32.2. The van der Waals surface area contributed by atoms with Crippen LogP contribution in [0.2, 0.25) is 0 Å². The van der Waals surface area contributed by atoms with Gasteiger partial charge in [-0.3, -0.25) is 4.79 Å². The topological polar surface area (TPSA) is 85.5 Å². The summed E-state index contributed by atoms with van der Waals surface area (Å²) in [6.07, 6.45) is 3.35. The average molecular weight is 314 g/mol. The molecule has 1 fully saturated rings. The molecule has 0 unspecified atom stereocenters. The molecule has 118 valence electrons. The van der Waals surface area contributed by atoms with Gasteiger partial charge in [0, 0.05) is 51.2 Å². The van der Waals surface area contributed by atoms with Gasteiger partial charge in [0.2, 0.25) is 15.5 Å². The number of pyridine rings is 1. The Bertz CT molecular complexity index is 606. The van der Waals surface area contributed by atoms with Gasteiger partial charge in [-0.2, -0.15) is 0 Å². The van der Waals surface area contributed by atoms with E-state index < -0.39 is 15.5 Å². The number of aromatic amines is 1. The first-order chi connectivity index (χ1) is 9.99. The molecule has 7 nitrogen and oxygen atoms in total. The van der Waals surface area contributed by atoms with Gasteiger partial charge in [0.1, 0.15) is 4.90 Å². The first-order valence-electron chi connectivity index (χ1n) is 7.07. The zero-order valence-electron chi connectivity index (χ0n) is 12.2. The molecule has 1 aromatic rings. The molecular formula is C13H22N4O3S. The number of nitrogens with one attached hydrogen (secondary N) is 2. The minimum Gasteiger partial charge on any atom is -0.366 e. The summed E-state index contributed by atoms with van der Waals surface area (Å²) in [5.41, 5.74) is -0.500. The Hall–Kier alpha value is -1.22. The summed E-state index contributed by atoms with van der Waals surface area (Å²) in [5.74, 6) is 0. The molecule has 0 bridgehead atoms. The maximum absolute atomic E-state index is 12.0. The molecule has 2 rings (SSSR count). The van der Waals surface area contributed by atoms with E-state index in [2.05, 4.69) is 26.6 Å². The summed E-state index contributed by atoms with van der Waals surface area (Å²) in [5, 5.41) is 0. The molecule has 0 spiro atoms. The Kier molecular flexibility index (Phi) is 5.51. The second-order valence-corrected chi connectivity index (χ2v) is 7.00. The molecule has 1 saturated heterocycles. The maximum atomic E-state index is 12.0. The van der Waals surface area contributed by atoms with E-state index in [1.165, 1.54) is 18.5 Å². The fourth-order valence-corrected chi connectivity index (χ4v) is 3.39. The number of hydrogen-bond acceptors (Lipinski definition) is 5. The lowest BCUT2D eigenvalue weighted by atomic mass is 10.3. The summed E-state index contributed by atoms with van der Waals surface area (Å²) in [4.78, 5) is 18.5. The van der Waals surface area contributed by atoms with Gasteiger partial charge in [0.25, 0.3) is 0 Å². The van der Waals surface area contributed by atoms with E-state index in [1.54, 1.807) is 0 Å². The van der Waals surface area contributed by atoms with Crippen LogP contribution in [-0.4, -0.2) is 69.5 Å². The van der Waals surface area contributed by atoms with Crippen molar-refractivity contribution >= 4 is 10.0 Å². The smallest absolute Gasteiger partial charge is 0.245 e. The number of likely N-dealkylation sites (N-methyl/N-ethyl adjacent to an activating group) is 1. The Labute approximate surface area is 125 Å². The molecule has 0 saturated carbocycles. The lowest BCUT2D eigenvalue weighted by Gasteiger charge is -2.32. The van der Waals surface area contributed by atoms with Gasteiger partial charge in [-0.1, -0.05) is 0 Å². The Morgan fingerprint density at radius 3 is 2.67 bits per heavy atom. The van der Waals surface area contributed by atoms with E-state index in [9.17, 15) is 13.2 Å². The van der Waals surface area contributed by atoms with Gasteiger partial charge >= 0.3 is 0 Å². The van der Waals surface area contributed by atoms with Crippen molar-refractivity contribution in [3.8, 4) is 0 Å². The monoisotopic (exact) mass is 314 g/mol. The van der Waals surface area contributed by atoms with E-state index in [4.69, 9.17) is 0 Å². The lowest BCUT2D eigenvalue weighted by molar-refractivity contribution is 0.153. The zero-order valence-corrected chi connectivity index (χ0v) is 13.0. The molecule has 0 amide bonds. The average Bonchev–Trinajstić information content (AvgIpc) is 2.46. The van der Waals surface area contributed by atoms with Gasteiger partial charge < -0.3 is 14.8 Å². The van der Waals surface area contributed by atoms with Crippen molar-refractivity contribution in [2.75, 3.05) is 46.3 Å². The molecular weight excluding hydrogens is 292 g/mol. The molecule has 1 aliphatic rings. The Balaban J connectivity index is 1.78. The van der Waals surface area contributed by atoms with E-state index in [-0.39, 0.29) is 4.90 Å². The van der Waals surface area contributed by atoms with Crippen molar-refractivity contribution < 1.29 is 8.42 Å². The van der Waals surface area contributed by atoms with Crippen molar-refractivity contribution in [2.45, 2.75) is 11.3 Å². The highest BCUT2D eigenvalue weighted by Crippen LogP contribution is 2.02. The van der Waals surface area contributed by atoms with E-state index in [0.717, 1.165) is 39.1 Å². The van der Waals surface area contributed by atoms with Gasteiger partial charge in [-0.05, 0) is 20.0 Å². The van der Waals surface area contributed by atoms with Crippen LogP contribution < -0.4 is 10.2 Å². The molecule has 1 aromatic heterocycles. The summed E-state index contributed by atoms with van der Waals surface area (Å²) in [6, 6.07) is 1.21. The highest BCUT2D eigenvalue weighted by Gasteiger charge is 2.17. The van der Waals surface area contributed by atoms with Gasteiger partial charge in [-0.15, -0.1) is 0 Å². The predicted octanol–water partition coefficient (Wildman–Crippen LogP) is -0.709. The third-order valence-corrected chi connectivity index (χ3v) is 5.10. The fraction of sp³-hybridized carbons (Fsp3) is 0.615. The molecule has 0 radical (unpaired) electrons. The first-order valence-corrected chi connectivity index (χ1v) is 8.55. The van der Waals surface area contributed by atoms with E-state index in [1.807, 2.05) is 0 Å². The molecule has 2 N–H and O–H groups in total. The maximum Gasteiger partial charge on any atom is 0.245 e. The van der Waals surface area contributed by atoms with Crippen LogP contribution in [0.15, 0.2) is 28.2 Å². The SMILES string of the molecule is CN1CCN(CCCNS(=O)(=O)c2c[nH]ccc2=O)CC1. The predicted molar refractivity (Wildman–Crippen MR) is 80.8 cm³/mol. The number of H-pyrrole nitrogens is 1. The largest absolute Gasteiger partial charge is 0.366 e. The summed E-state index contributed by atoms with van der Waals surface area (Å²) in [6.45, 7) is 5.32. The van der Waals surface area contributed by atoms with Crippen molar-refractivity contribution in [1.29, 1.82) is 0 Å². The number of piperazine rings is 1. The van der Waals surface area contributed by atoms with Crippen molar-refractivity contribution in [3.05, 3.63) is 28.7 Å². The van der Waals surface area contributed by atoms with Crippen molar-refractivity contribution in [2.24, 2.45) is 0 Å². The number of hydrogen-bond donors (Lipinski definition) is 2. The normalized spacial score (nSPS) is 18.0. The molecule has 2 heterocycles. The van der Waals surface area contributed by atoms with Crippen LogP contribution in [0.5, 0.6) is 0 Å². The van der Waals surface area contributed by atoms with Crippen LogP contribution in [0.25, 0.3) is 0 Å². The highest BCUT2D eigenvalue weighted by molar-refractivity contribution is 7.89. The molecule has 8 heteroatoms. The summed E-state index contributed by atoms with van der Waals surface area (Å²) >= 11 is 0. The number of aromatic nitrogens is 1. The lowest BCUT2D eigenvalue weighted by Crippen LogP contribution is -2.45. The van der Waals surface area contributed by atoms with Crippen LogP contribution in [-0.2, 0) is 10.0 Å². The van der Waals surface area contributed by atoms with Crippen LogP contribution in [0.1, 0.15) is 6.42 Å². The van der Waals surface area contributed by atoms with Crippen molar-refractivity contribution in [3.63, 3.8) is 0 Å². The van der Waals surface area contributed by atoms with Gasteiger partial charge in [0.05, 0.1) is 0 Å². The minimum absolute atomic E-state index is 0.232. The molecule has 0 aromatic carbocycles. The van der Waals surface area contributed by atoms with Crippen molar-refractivity contribution in [1.82, 2.24) is 19.5 Å². The van der Waals surface area contributed by atoms with Crippen LogP contribution in [0.4, 0.5) is 0 Å². The fourth-order valence-electron chi connectivity index (χ4n) is 2.27. The van der Waals surface area contributed by atoms with Crippen LogP contribution >= 0.6 is 0 Å². The summed E-state index contributed by atoms with van der Waals surface area (Å²) < 4.78 is 26.5. The second kappa shape index (κ2) is 7.17. The van der Waals surface area contributed by atoms with Gasteiger partial charge in [0.15, 0.2) is 0 Å². The van der Waals surface area contributed by atoms with Crippen LogP contribution in [0.3, 0.4) is 0 Å². The molecule has 1 aliphatic heterocycles.